The molecule has 2 unspecified atom stereocenters. The minimum absolute atomic E-state index is 0.0189. The molecule has 2 N–H and O–H groups in total. The Hall–Kier alpha value is -1.62. The van der Waals surface area contributed by atoms with E-state index in [1.54, 1.807) is 12.1 Å². The second-order valence-electron chi connectivity index (χ2n) is 5.01. The smallest absolute Gasteiger partial charge is 0.276 e. The van der Waals surface area contributed by atoms with E-state index in [4.69, 9.17) is 10.5 Å². The quantitative estimate of drug-likeness (QED) is 0.643. The Labute approximate surface area is 99.7 Å². The van der Waals surface area contributed by atoms with Gasteiger partial charge in [-0.25, -0.2) is 0 Å². The normalized spacial score (nSPS) is 25.4. The molecule has 1 saturated carbocycles. The second kappa shape index (κ2) is 3.70. The average molecular weight is 236 g/mol. The van der Waals surface area contributed by atoms with Gasteiger partial charge < -0.3 is 10.5 Å². The lowest BCUT2D eigenvalue weighted by molar-refractivity contribution is -0.385. The van der Waals surface area contributed by atoms with Crippen LogP contribution in [0.25, 0.3) is 0 Å². The molecular formula is C12H16N2O3. The number of methoxy groups -OCH3 is 1. The Balaban J connectivity index is 2.45. The van der Waals surface area contributed by atoms with Gasteiger partial charge in [0.1, 0.15) is 5.75 Å². The molecule has 0 aliphatic heterocycles. The predicted molar refractivity (Wildman–Crippen MR) is 64.1 cm³/mol. The summed E-state index contributed by atoms with van der Waals surface area (Å²) >= 11 is 0. The molecule has 0 heterocycles. The molecule has 0 spiro atoms. The minimum atomic E-state index is -0.376. The van der Waals surface area contributed by atoms with Gasteiger partial charge in [-0.05, 0) is 17.5 Å². The molecule has 17 heavy (non-hydrogen) atoms. The minimum Gasteiger partial charge on any atom is -0.497 e. The lowest BCUT2D eigenvalue weighted by Crippen LogP contribution is -2.06. The molecule has 1 aromatic carbocycles. The largest absolute Gasteiger partial charge is 0.497 e. The second-order valence-corrected chi connectivity index (χ2v) is 5.01. The van der Waals surface area contributed by atoms with Crippen LogP contribution in [0.3, 0.4) is 0 Å². The molecule has 0 aromatic heterocycles. The molecular weight excluding hydrogens is 220 g/mol. The highest BCUT2D eigenvalue weighted by molar-refractivity contribution is 5.52. The highest BCUT2D eigenvalue weighted by Gasteiger charge is 2.58. The summed E-state index contributed by atoms with van der Waals surface area (Å²) < 4.78 is 5.00. The zero-order valence-electron chi connectivity index (χ0n) is 10.1. The lowest BCUT2D eigenvalue weighted by atomic mass is 10.0. The molecule has 1 aliphatic carbocycles. The number of hydrogen-bond donors (Lipinski definition) is 1. The molecule has 5 heteroatoms. The summed E-state index contributed by atoms with van der Waals surface area (Å²) in [6, 6.07) is 4.92. The first kappa shape index (κ1) is 11.9. The SMILES string of the molecule is COc1ccc(C2C(N)C2(C)C)c([N+](=O)[O-])c1. The standard InChI is InChI=1S/C12H16N2O3/c1-12(2)10(11(12)13)8-5-4-7(17-3)6-9(8)14(15)16/h4-6,10-11H,13H2,1-3H3. The summed E-state index contributed by atoms with van der Waals surface area (Å²) in [5.74, 6) is 0.543. The molecule has 1 aliphatic rings. The van der Waals surface area contributed by atoms with Crippen molar-refractivity contribution < 1.29 is 9.66 Å². The molecule has 92 valence electrons. The van der Waals surface area contributed by atoms with Crippen molar-refractivity contribution >= 4 is 5.69 Å². The van der Waals surface area contributed by atoms with Crippen LogP contribution < -0.4 is 10.5 Å². The van der Waals surface area contributed by atoms with Gasteiger partial charge in [-0.2, -0.15) is 0 Å². The molecule has 1 aromatic rings. The third-order valence-electron chi connectivity index (χ3n) is 3.68. The van der Waals surface area contributed by atoms with E-state index in [0.717, 1.165) is 0 Å². The summed E-state index contributed by atoms with van der Waals surface area (Å²) in [6.45, 7) is 4.05. The number of hydrogen-bond acceptors (Lipinski definition) is 4. The van der Waals surface area contributed by atoms with E-state index in [2.05, 4.69) is 0 Å². The number of ether oxygens (including phenoxy) is 1. The Kier molecular flexibility index (Phi) is 2.58. The van der Waals surface area contributed by atoms with Crippen LogP contribution in [0.5, 0.6) is 5.75 Å². The maximum atomic E-state index is 11.0. The zero-order chi connectivity index (χ0) is 12.8. The Morgan fingerprint density at radius 2 is 2.06 bits per heavy atom. The zero-order valence-corrected chi connectivity index (χ0v) is 10.1. The maximum absolute atomic E-state index is 11.0. The van der Waals surface area contributed by atoms with Gasteiger partial charge >= 0.3 is 0 Å². The first-order valence-electron chi connectivity index (χ1n) is 5.47. The number of benzene rings is 1. The van der Waals surface area contributed by atoms with Crippen molar-refractivity contribution in [2.45, 2.75) is 25.8 Å². The number of nitro benzene ring substituents is 1. The van der Waals surface area contributed by atoms with Crippen LogP contribution in [0, 0.1) is 15.5 Å². The van der Waals surface area contributed by atoms with Gasteiger partial charge in [-0.1, -0.05) is 13.8 Å². The van der Waals surface area contributed by atoms with Gasteiger partial charge in [0.05, 0.1) is 18.1 Å². The molecule has 2 atom stereocenters. The number of nitro groups is 1. The highest BCUT2D eigenvalue weighted by Crippen LogP contribution is 2.59. The highest BCUT2D eigenvalue weighted by atomic mass is 16.6. The predicted octanol–water partition coefficient (Wildman–Crippen LogP) is 2.05. The van der Waals surface area contributed by atoms with Crippen LogP contribution in [0.15, 0.2) is 18.2 Å². The van der Waals surface area contributed by atoms with Crippen molar-refractivity contribution in [2.24, 2.45) is 11.1 Å². The first-order valence-corrected chi connectivity index (χ1v) is 5.47. The van der Waals surface area contributed by atoms with Gasteiger partial charge in [-0.15, -0.1) is 0 Å². The summed E-state index contributed by atoms with van der Waals surface area (Å²) in [7, 11) is 1.49. The molecule has 0 saturated heterocycles. The third kappa shape index (κ3) is 1.76. The van der Waals surface area contributed by atoms with Crippen molar-refractivity contribution in [1.29, 1.82) is 0 Å². The van der Waals surface area contributed by atoms with Crippen LogP contribution in [0.1, 0.15) is 25.3 Å². The Morgan fingerprint density at radius 3 is 2.47 bits per heavy atom. The van der Waals surface area contributed by atoms with Crippen LogP contribution >= 0.6 is 0 Å². The number of nitrogens with two attached hydrogens (primary N) is 1. The van der Waals surface area contributed by atoms with Gasteiger partial charge in [0.15, 0.2) is 0 Å². The van der Waals surface area contributed by atoms with Crippen molar-refractivity contribution in [3.05, 3.63) is 33.9 Å². The summed E-state index contributed by atoms with van der Waals surface area (Å²) in [6.07, 6.45) is 0. The molecule has 0 bridgehead atoms. The summed E-state index contributed by atoms with van der Waals surface area (Å²) in [5.41, 5.74) is 6.69. The van der Waals surface area contributed by atoms with Crippen molar-refractivity contribution in [3.63, 3.8) is 0 Å². The Morgan fingerprint density at radius 1 is 1.47 bits per heavy atom. The molecule has 0 amide bonds. The van der Waals surface area contributed by atoms with Crippen molar-refractivity contribution in [3.8, 4) is 5.75 Å². The van der Waals surface area contributed by atoms with E-state index in [1.165, 1.54) is 13.2 Å². The lowest BCUT2D eigenvalue weighted by Gasteiger charge is -2.06. The van der Waals surface area contributed by atoms with Gasteiger partial charge in [-0.3, -0.25) is 10.1 Å². The van der Waals surface area contributed by atoms with Gasteiger partial charge in [0.2, 0.25) is 0 Å². The monoisotopic (exact) mass is 236 g/mol. The molecule has 5 nitrogen and oxygen atoms in total. The number of rotatable bonds is 3. The van der Waals surface area contributed by atoms with E-state index < -0.39 is 0 Å². The van der Waals surface area contributed by atoms with Crippen molar-refractivity contribution in [1.82, 2.24) is 0 Å². The first-order chi connectivity index (χ1) is 7.89. The van der Waals surface area contributed by atoms with E-state index in [1.807, 2.05) is 13.8 Å². The van der Waals surface area contributed by atoms with E-state index in [9.17, 15) is 10.1 Å². The van der Waals surface area contributed by atoms with Crippen molar-refractivity contribution in [2.75, 3.05) is 7.11 Å². The third-order valence-corrected chi connectivity index (χ3v) is 3.68. The van der Waals surface area contributed by atoms with Gasteiger partial charge in [0, 0.05) is 17.5 Å². The fraction of sp³-hybridized carbons (Fsp3) is 0.500. The van der Waals surface area contributed by atoms with Crippen LogP contribution in [-0.2, 0) is 0 Å². The van der Waals surface area contributed by atoms with E-state index in [-0.39, 0.29) is 28.0 Å². The average Bonchev–Trinajstić information content (AvgIpc) is 2.77. The molecule has 0 radical (unpaired) electrons. The maximum Gasteiger partial charge on any atom is 0.276 e. The fourth-order valence-electron chi connectivity index (χ4n) is 2.34. The van der Waals surface area contributed by atoms with Crippen LogP contribution in [-0.4, -0.2) is 18.1 Å². The van der Waals surface area contributed by atoms with E-state index in [0.29, 0.717) is 11.3 Å². The van der Waals surface area contributed by atoms with Crippen LogP contribution in [0.2, 0.25) is 0 Å². The summed E-state index contributed by atoms with van der Waals surface area (Å²) in [4.78, 5) is 10.7. The Bertz CT molecular complexity index is 471. The topological polar surface area (TPSA) is 78.4 Å². The fourth-order valence-corrected chi connectivity index (χ4v) is 2.34. The van der Waals surface area contributed by atoms with E-state index >= 15 is 0 Å². The molecule has 1 fully saturated rings. The van der Waals surface area contributed by atoms with Gasteiger partial charge in [0.25, 0.3) is 5.69 Å². The summed E-state index contributed by atoms with van der Waals surface area (Å²) in [5, 5.41) is 11.0. The number of nitrogens with zero attached hydrogens (tertiary/aromatic N) is 1. The molecule has 2 rings (SSSR count). The van der Waals surface area contributed by atoms with Crippen LogP contribution in [0.4, 0.5) is 5.69 Å².